The van der Waals surface area contributed by atoms with E-state index >= 15 is 0 Å². The van der Waals surface area contributed by atoms with Crippen molar-refractivity contribution in [3.63, 3.8) is 0 Å². The van der Waals surface area contributed by atoms with E-state index in [1.807, 2.05) is 73.7 Å². The maximum Gasteiger partial charge on any atom is 0.270 e. The van der Waals surface area contributed by atoms with Gasteiger partial charge in [-0.1, -0.05) is 80.3 Å². The van der Waals surface area contributed by atoms with Crippen LogP contribution in [0.25, 0.3) is 6.08 Å². The number of hydrogen-bond acceptors (Lipinski definition) is 5. The lowest BCUT2D eigenvalue weighted by Gasteiger charge is -2.14. The lowest BCUT2D eigenvalue weighted by molar-refractivity contribution is -0.118. The summed E-state index contributed by atoms with van der Waals surface area (Å²) in [5, 5.41) is 2.92. The van der Waals surface area contributed by atoms with Crippen LogP contribution >= 0.6 is 24.0 Å². The van der Waals surface area contributed by atoms with Crippen LogP contribution < -0.4 is 15.0 Å². The van der Waals surface area contributed by atoms with Gasteiger partial charge < -0.3 is 10.1 Å². The summed E-state index contributed by atoms with van der Waals surface area (Å²) in [6.45, 7) is 6.06. The lowest BCUT2D eigenvalue weighted by atomic mass is 10.0. The van der Waals surface area contributed by atoms with Gasteiger partial charge in [-0.05, 0) is 65.9 Å². The van der Waals surface area contributed by atoms with E-state index in [2.05, 4.69) is 19.2 Å². The summed E-state index contributed by atoms with van der Waals surface area (Å²) < 4.78 is 6.17. The van der Waals surface area contributed by atoms with Crippen molar-refractivity contribution in [2.24, 2.45) is 0 Å². The Labute approximate surface area is 215 Å². The molecular formula is C28H26N2O3S2. The molecule has 0 atom stereocenters. The summed E-state index contributed by atoms with van der Waals surface area (Å²) in [4.78, 5) is 27.5. The molecule has 0 aliphatic carbocycles. The summed E-state index contributed by atoms with van der Waals surface area (Å²) in [7, 11) is 0. The number of carbonyl (C=O) groups excluding carboxylic acids is 2. The minimum atomic E-state index is -0.220. The Morgan fingerprint density at radius 2 is 1.83 bits per heavy atom. The number of carbonyl (C=O) groups is 2. The third-order valence-corrected chi connectivity index (χ3v) is 6.76. The highest BCUT2D eigenvalue weighted by atomic mass is 32.2. The number of rotatable bonds is 7. The molecule has 0 bridgehead atoms. The number of nitrogens with one attached hydrogen (secondary N) is 1. The van der Waals surface area contributed by atoms with Crippen LogP contribution in [0.15, 0.2) is 77.7 Å². The molecule has 1 N–H and O–H groups in total. The van der Waals surface area contributed by atoms with Crippen LogP contribution in [0.5, 0.6) is 5.75 Å². The van der Waals surface area contributed by atoms with Crippen molar-refractivity contribution in [3.05, 3.63) is 94.4 Å². The fourth-order valence-corrected chi connectivity index (χ4v) is 5.02. The number of thiocarbonyl (C=S) groups is 1. The van der Waals surface area contributed by atoms with Crippen LogP contribution in [0.3, 0.4) is 0 Å². The maximum atomic E-state index is 13.0. The molecule has 3 aromatic rings. The Morgan fingerprint density at radius 3 is 2.54 bits per heavy atom. The molecule has 1 fully saturated rings. The van der Waals surface area contributed by atoms with Crippen molar-refractivity contribution in [2.45, 2.75) is 26.7 Å². The summed E-state index contributed by atoms with van der Waals surface area (Å²) in [6, 6.07) is 22.7. The fourth-order valence-electron chi connectivity index (χ4n) is 3.72. The number of ether oxygens (including phenoxy) is 1. The predicted octanol–water partition coefficient (Wildman–Crippen LogP) is 6.54. The first-order chi connectivity index (χ1) is 16.8. The number of aryl methyl sites for hydroxylation is 1. The third-order valence-electron chi connectivity index (χ3n) is 5.46. The number of nitrogens with zero attached hydrogens (tertiary/aromatic N) is 1. The number of amides is 2. The van der Waals surface area contributed by atoms with Crippen LogP contribution in [-0.4, -0.2) is 22.7 Å². The van der Waals surface area contributed by atoms with E-state index in [0.29, 0.717) is 20.9 Å². The molecular weight excluding hydrogens is 476 g/mol. The molecule has 178 valence electrons. The average Bonchev–Trinajstić information content (AvgIpc) is 3.11. The monoisotopic (exact) mass is 502 g/mol. The summed E-state index contributed by atoms with van der Waals surface area (Å²) >= 11 is 6.74. The van der Waals surface area contributed by atoms with Crippen molar-refractivity contribution in [2.75, 3.05) is 16.8 Å². The van der Waals surface area contributed by atoms with Gasteiger partial charge in [-0.3, -0.25) is 14.5 Å². The van der Waals surface area contributed by atoms with E-state index in [4.69, 9.17) is 17.0 Å². The van der Waals surface area contributed by atoms with Gasteiger partial charge in [0.15, 0.2) is 10.9 Å². The second kappa shape index (κ2) is 10.9. The van der Waals surface area contributed by atoms with Crippen molar-refractivity contribution in [3.8, 4) is 5.75 Å². The van der Waals surface area contributed by atoms with Gasteiger partial charge in [0.25, 0.3) is 11.8 Å². The first-order valence-corrected chi connectivity index (χ1v) is 12.5. The van der Waals surface area contributed by atoms with Gasteiger partial charge >= 0.3 is 0 Å². The minimum absolute atomic E-state index is 0.0963. The smallest absolute Gasteiger partial charge is 0.270 e. The number of benzene rings is 3. The molecule has 0 aromatic heterocycles. The second-order valence-electron chi connectivity index (χ2n) is 8.50. The van der Waals surface area contributed by atoms with E-state index in [-0.39, 0.29) is 18.4 Å². The molecule has 0 unspecified atom stereocenters. The van der Waals surface area contributed by atoms with E-state index in [0.717, 1.165) is 28.1 Å². The average molecular weight is 503 g/mol. The van der Waals surface area contributed by atoms with E-state index in [1.165, 1.54) is 11.8 Å². The molecule has 7 heteroatoms. The fraction of sp³-hybridized carbons (Fsp3) is 0.179. The Hall–Kier alpha value is -3.42. The predicted molar refractivity (Wildman–Crippen MR) is 148 cm³/mol. The van der Waals surface area contributed by atoms with Crippen molar-refractivity contribution in [1.82, 2.24) is 0 Å². The highest BCUT2D eigenvalue weighted by Gasteiger charge is 2.33. The zero-order valence-electron chi connectivity index (χ0n) is 19.8. The first-order valence-electron chi connectivity index (χ1n) is 11.3. The number of thioether (sulfide) groups is 1. The molecule has 5 nitrogen and oxygen atoms in total. The largest absolute Gasteiger partial charge is 0.484 e. The van der Waals surface area contributed by atoms with Gasteiger partial charge in [0, 0.05) is 5.69 Å². The highest BCUT2D eigenvalue weighted by Crippen LogP contribution is 2.36. The topological polar surface area (TPSA) is 58.6 Å². The summed E-state index contributed by atoms with van der Waals surface area (Å²) in [6.07, 6.45) is 1.81. The Bertz CT molecular complexity index is 1300. The van der Waals surface area contributed by atoms with Gasteiger partial charge in [-0.25, -0.2) is 0 Å². The van der Waals surface area contributed by atoms with Crippen LogP contribution in [-0.2, 0) is 9.59 Å². The van der Waals surface area contributed by atoms with E-state index < -0.39 is 0 Å². The molecule has 4 rings (SSSR count). The standard InChI is InChI=1S/C28H26N2O3S2/c1-18(2)23-9-4-5-10-24(23)29-26(31)17-33-22-13-11-20(12-14-22)16-25-27(32)30(28(34)35-25)21-8-6-7-19(3)15-21/h4-16,18H,17H2,1-3H3,(H,29,31)/b25-16-. The Morgan fingerprint density at radius 1 is 1.09 bits per heavy atom. The zero-order valence-corrected chi connectivity index (χ0v) is 21.4. The molecule has 0 spiro atoms. The molecule has 35 heavy (non-hydrogen) atoms. The summed E-state index contributed by atoms with van der Waals surface area (Å²) in [5.74, 6) is 0.519. The van der Waals surface area contributed by atoms with Crippen LogP contribution in [0.4, 0.5) is 11.4 Å². The molecule has 0 radical (unpaired) electrons. The van der Waals surface area contributed by atoms with Crippen molar-refractivity contribution < 1.29 is 14.3 Å². The highest BCUT2D eigenvalue weighted by molar-refractivity contribution is 8.27. The molecule has 2 amide bonds. The normalized spacial score (nSPS) is 14.6. The zero-order chi connectivity index (χ0) is 24.9. The van der Waals surface area contributed by atoms with Crippen molar-refractivity contribution >= 4 is 57.6 Å². The summed E-state index contributed by atoms with van der Waals surface area (Å²) in [5.41, 5.74) is 4.56. The molecule has 1 aliphatic rings. The number of para-hydroxylation sites is 1. The molecule has 1 saturated heterocycles. The third kappa shape index (κ3) is 5.99. The van der Waals surface area contributed by atoms with Gasteiger partial charge in [0.05, 0.1) is 10.6 Å². The van der Waals surface area contributed by atoms with Gasteiger partial charge in [-0.2, -0.15) is 0 Å². The van der Waals surface area contributed by atoms with Crippen LogP contribution in [0.2, 0.25) is 0 Å². The maximum absolute atomic E-state index is 13.0. The molecule has 1 heterocycles. The van der Waals surface area contributed by atoms with Crippen molar-refractivity contribution in [1.29, 1.82) is 0 Å². The lowest BCUT2D eigenvalue weighted by Crippen LogP contribution is -2.27. The van der Waals surface area contributed by atoms with Gasteiger partial charge in [0.2, 0.25) is 0 Å². The number of anilines is 2. The minimum Gasteiger partial charge on any atom is -0.484 e. The Kier molecular flexibility index (Phi) is 7.68. The Balaban J connectivity index is 1.37. The quantitative estimate of drug-likeness (QED) is 0.294. The molecule has 1 aliphatic heterocycles. The molecule has 0 saturated carbocycles. The van der Waals surface area contributed by atoms with Crippen LogP contribution in [0, 0.1) is 6.92 Å². The van der Waals surface area contributed by atoms with Crippen LogP contribution in [0.1, 0.15) is 36.5 Å². The van der Waals surface area contributed by atoms with E-state index in [1.54, 1.807) is 17.0 Å². The second-order valence-corrected chi connectivity index (χ2v) is 10.2. The molecule has 3 aromatic carbocycles. The SMILES string of the molecule is Cc1cccc(N2C(=O)/C(=C/c3ccc(OCC(=O)Nc4ccccc4C(C)C)cc3)SC2=S)c1. The van der Waals surface area contributed by atoms with Gasteiger partial charge in [-0.15, -0.1) is 0 Å². The van der Waals surface area contributed by atoms with Gasteiger partial charge in [0.1, 0.15) is 5.75 Å². The first kappa shape index (κ1) is 24.7. The van der Waals surface area contributed by atoms with E-state index in [9.17, 15) is 9.59 Å². The number of hydrogen-bond donors (Lipinski definition) is 1.